The van der Waals surface area contributed by atoms with Gasteiger partial charge in [0.15, 0.2) is 0 Å². The lowest BCUT2D eigenvalue weighted by Gasteiger charge is -2.35. The molecular weight excluding hydrogens is 390 g/mol. The molecule has 0 spiro atoms. The first-order valence-electron chi connectivity index (χ1n) is 11.2. The molecule has 4 rings (SSSR count). The molecule has 2 saturated heterocycles. The highest BCUT2D eigenvalue weighted by molar-refractivity contribution is 5.99. The van der Waals surface area contributed by atoms with Crippen LogP contribution < -0.4 is 15.0 Å². The number of likely N-dealkylation sites (tertiary alicyclic amines) is 1. The van der Waals surface area contributed by atoms with Crippen LogP contribution in [-0.4, -0.2) is 50.0 Å². The Bertz CT molecular complexity index is 924. The summed E-state index contributed by atoms with van der Waals surface area (Å²) in [5.41, 5.74) is 2.48. The van der Waals surface area contributed by atoms with Gasteiger partial charge in [0.1, 0.15) is 5.75 Å². The third-order valence-electron chi connectivity index (χ3n) is 6.28. The number of benzene rings is 2. The van der Waals surface area contributed by atoms with Gasteiger partial charge < -0.3 is 15.0 Å². The Balaban J connectivity index is 1.50. The van der Waals surface area contributed by atoms with Crippen LogP contribution in [0.5, 0.6) is 5.75 Å². The smallest absolute Gasteiger partial charge is 0.251 e. The van der Waals surface area contributed by atoms with Crippen LogP contribution in [0.4, 0.5) is 5.69 Å². The highest BCUT2D eigenvalue weighted by Gasteiger charge is 2.26. The lowest BCUT2D eigenvalue weighted by atomic mass is 10.0. The van der Waals surface area contributed by atoms with Crippen LogP contribution in [-0.2, 0) is 4.79 Å². The Hall–Kier alpha value is -2.86. The largest absolute Gasteiger partial charge is 0.496 e. The van der Waals surface area contributed by atoms with Gasteiger partial charge >= 0.3 is 0 Å². The summed E-state index contributed by atoms with van der Waals surface area (Å²) in [4.78, 5) is 29.3. The van der Waals surface area contributed by atoms with Gasteiger partial charge in [-0.1, -0.05) is 30.7 Å². The van der Waals surface area contributed by atoms with Crippen LogP contribution in [0.1, 0.15) is 54.1 Å². The fraction of sp³-hybridized carbons (Fsp3) is 0.440. The van der Waals surface area contributed by atoms with Crippen molar-refractivity contribution in [2.45, 2.75) is 38.1 Å². The number of amides is 2. The maximum absolute atomic E-state index is 13.0. The Morgan fingerprint density at radius 3 is 2.58 bits per heavy atom. The number of hydrogen-bond acceptors (Lipinski definition) is 4. The third kappa shape index (κ3) is 4.90. The first-order chi connectivity index (χ1) is 15.2. The molecule has 2 fully saturated rings. The van der Waals surface area contributed by atoms with E-state index in [4.69, 9.17) is 4.74 Å². The van der Waals surface area contributed by atoms with Gasteiger partial charge in [-0.15, -0.1) is 0 Å². The number of rotatable bonds is 7. The summed E-state index contributed by atoms with van der Waals surface area (Å²) in [6.45, 7) is 3.26. The lowest BCUT2D eigenvalue weighted by molar-refractivity contribution is -0.117. The number of carbonyl (C=O) groups excluding carboxylic acids is 2. The van der Waals surface area contributed by atoms with E-state index < -0.39 is 0 Å². The topological polar surface area (TPSA) is 61.9 Å². The second kappa shape index (κ2) is 9.96. The van der Waals surface area contributed by atoms with E-state index in [0.717, 1.165) is 43.1 Å². The summed E-state index contributed by atoms with van der Waals surface area (Å²) in [6, 6.07) is 15.5. The fourth-order valence-corrected chi connectivity index (χ4v) is 4.64. The van der Waals surface area contributed by atoms with Gasteiger partial charge in [-0.3, -0.25) is 14.5 Å². The van der Waals surface area contributed by atoms with Crippen LogP contribution >= 0.6 is 0 Å². The summed E-state index contributed by atoms with van der Waals surface area (Å²) >= 11 is 0. The molecule has 6 heteroatoms. The van der Waals surface area contributed by atoms with Crippen molar-refractivity contribution in [3.63, 3.8) is 0 Å². The van der Waals surface area contributed by atoms with E-state index in [9.17, 15) is 9.59 Å². The second-order valence-corrected chi connectivity index (χ2v) is 8.26. The lowest BCUT2D eigenvalue weighted by Crippen LogP contribution is -2.40. The molecule has 1 atom stereocenters. The molecule has 2 aliphatic heterocycles. The number of anilines is 1. The average Bonchev–Trinajstić information content (AvgIpc) is 3.26. The molecule has 31 heavy (non-hydrogen) atoms. The van der Waals surface area contributed by atoms with Gasteiger partial charge in [0.25, 0.3) is 5.91 Å². The highest BCUT2D eigenvalue weighted by Crippen LogP contribution is 2.31. The van der Waals surface area contributed by atoms with E-state index in [1.54, 1.807) is 18.1 Å². The monoisotopic (exact) mass is 421 g/mol. The molecule has 2 aromatic carbocycles. The number of nitrogens with zero attached hydrogens (tertiary/aromatic N) is 2. The minimum absolute atomic E-state index is 0.0590. The van der Waals surface area contributed by atoms with Gasteiger partial charge in [0.05, 0.1) is 13.2 Å². The van der Waals surface area contributed by atoms with Gasteiger partial charge in [0, 0.05) is 36.3 Å². The molecule has 2 aliphatic rings. The fourth-order valence-electron chi connectivity index (χ4n) is 4.64. The third-order valence-corrected chi connectivity index (χ3v) is 6.28. The minimum Gasteiger partial charge on any atom is -0.496 e. The van der Waals surface area contributed by atoms with Gasteiger partial charge in [0.2, 0.25) is 5.91 Å². The summed E-state index contributed by atoms with van der Waals surface area (Å²) in [5.74, 6) is 0.853. The molecule has 2 aromatic rings. The number of ether oxygens (including phenoxy) is 1. The second-order valence-electron chi connectivity index (χ2n) is 8.26. The Morgan fingerprint density at radius 1 is 1.03 bits per heavy atom. The quantitative estimate of drug-likeness (QED) is 0.739. The zero-order chi connectivity index (χ0) is 21.6. The van der Waals surface area contributed by atoms with Crippen molar-refractivity contribution < 1.29 is 14.3 Å². The maximum Gasteiger partial charge on any atom is 0.251 e. The van der Waals surface area contributed by atoms with Gasteiger partial charge in [-0.2, -0.15) is 0 Å². The number of piperidine rings is 1. The zero-order valence-corrected chi connectivity index (χ0v) is 18.2. The van der Waals surface area contributed by atoms with Crippen molar-refractivity contribution in [3.05, 3.63) is 59.7 Å². The molecule has 164 valence electrons. The van der Waals surface area contributed by atoms with Crippen LogP contribution in [0.25, 0.3) is 0 Å². The van der Waals surface area contributed by atoms with Crippen LogP contribution in [0.15, 0.2) is 48.5 Å². The van der Waals surface area contributed by atoms with Crippen molar-refractivity contribution in [2.24, 2.45) is 0 Å². The summed E-state index contributed by atoms with van der Waals surface area (Å²) in [7, 11) is 1.69. The Labute approximate surface area is 184 Å². The molecule has 1 N–H and O–H groups in total. The Kier molecular flexibility index (Phi) is 6.87. The molecule has 0 aromatic heterocycles. The summed E-state index contributed by atoms with van der Waals surface area (Å²) in [5, 5.41) is 3.14. The van der Waals surface area contributed by atoms with E-state index in [1.807, 2.05) is 36.4 Å². The van der Waals surface area contributed by atoms with Crippen LogP contribution in [0, 0.1) is 0 Å². The van der Waals surface area contributed by atoms with E-state index in [1.165, 1.54) is 19.3 Å². The minimum atomic E-state index is -0.120. The van der Waals surface area contributed by atoms with E-state index in [-0.39, 0.29) is 17.9 Å². The molecule has 0 bridgehead atoms. The zero-order valence-electron chi connectivity index (χ0n) is 18.2. The SMILES string of the molecule is COc1ccccc1C(CNC(=O)c1cccc(N2CCCC2=O)c1)N1CCCCC1. The number of carbonyl (C=O) groups is 2. The van der Waals surface area contributed by atoms with Crippen molar-refractivity contribution >= 4 is 17.5 Å². The number of methoxy groups -OCH3 is 1. The van der Waals surface area contributed by atoms with E-state index in [0.29, 0.717) is 18.5 Å². The van der Waals surface area contributed by atoms with Crippen molar-refractivity contribution in [1.82, 2.24) is 10.2 Å². The normalized spacial score (nSPS) is 18.1. The predicted octanol–water partition coefficient (Wildman–Crippen LogP) is 3.78. The van der Waals surface area contributed by atoms with E-state index in [2.05, 4.69) is 16.3 Å². The maximum atomic E-state index is 13.0. The average molecular weight is 422 g/mol. The van der Waals surface area contributed by atoms with Crippen molar-refractivity contribution in [3.8, 4) is 5.75 Å². The van der Waals surface area contributed by atoms with Gasteiger partial charge in [-0.05, 0) is 56.6 Å². The molecule has 2 heterocycles. The molecule has 0 saturated carbocycles. The first kappa shape index (κ1) is 21.4. The Morgan fingerprint density at radius 2 is 1.84 bits per heavy atom. The first-order valence-corrected chi connectivity index (χ1v) is 11.2. The molecule has 6 nitrogen and oxygen atoms in total. The number of para-hydroxylation sites is 1. The molecule has 2 amide bonds. The van der Waals surface area contributed by atoms with E-state index >= 15 is 0 Å². The molecule has 1 unspecified atom stereocenters. The predicted molar refractivity (Wildman–Crippen MR) is 122 cm³/mol. The molecular formula is C25H31N3O3. The summed E-state index contributed by atoms with van der Waals surface area (Å²) in [6.07, 6.45) is 5.04. The van der Waals surface area contributed by atoms with Gasteiger partial charge in [-0.25, -0.2) is 0 Å². The molecule has 0 radical (unpaired) electrons. The van der Waals surface area contributed by atoms with Crippen molar-refractivity contribution in [1.29, 1.82) is 0 Å². The van der Waals surface area contributed by atoms with Crippen molar-refractivity contribution in [2.75, 3.05) is 38.2 Å². The standard InChI is InChI=1S/C25H31N3O3/c1-31-23-12-4-3-11-21(23)22(27-14-5-2-6-15-27)18-26-25(30)19-9-7-10-20(17-19)28-16-8-13-24(28)29/h3-4,7,9-12,17,22H,2,5-6,8,13-16,18H2,1H3,(H,26,30). The number of nitrogens with one attached hydrogen (secondary N) is 1. The van der Waals surface area contributed by atoms with Crippen LogP contribution in [0.3, 0.4) is 0 Å². The van der Waals surface area contributed by atoms with Crippen LogP contribution in [0.2, 0.25) is 0 Å². The highest BCUT2D eigenvalue weighted by atomic mass is 16.5. The number of hydrogen-bond donors (Lipinski definition) is 1. The molecule has 0 aliphatic carbocycles. The summed E-state index contributed by atoms with van der Waals surface area (Å²) < 4.78 is 5.61.